The second-order valence-corrected chi connectivity index (χ2v) is 9.69. The molecule has 0 bridgehead atoms. The van der Waals surface area contributed by atoms with Crippen LogP contribution in [0.2, 0.25) is 0 Å². The van der Waals surface area contributed by atoms with Gasteiger partial charge in [0.1, 0.15) is 18.7 Å². The summed E-state index contributed by atoms with van der Waals surface area (Å²) in [5.74, 6) is -1.31. The number of likely N-dealkylation sites (N-methyl/N-ethyl adjacent to an activating group) is 1. The number of esters is 1. The number of carbonyl (C=O) groups is 3. The van der Waals surface area contributed by atoms with Gasteiger partial charge >= 0.3 is 5.97 Å². The summed E-state index contributed by atoms with van der Waals surface area (Å²) in [6, 6.07) is 1.59. The quantitative estimate of drug-likeness (QED) is 0.367. The Morgan fingerprint density at radius 2 is 2.13 bits per heavy atom. The van der Waals surface area contributed by atoms with Crippen molar-refractivity contribution in [3.63, 3.8) is 0 Å². The zero-order valence-corrected chi connectivity index (χ0v) is 19.5. The Kier molecular flexibility index (Phi) is 9.77. The molecule has 1 aromatic heterocycles. The number of halogens is 3. The molecule has 1 aromatic rings. The van der Waals surface area contributed by atoms with E-state index in [1.54, 1.807) is 32.4 Å². The molecule has 2 amide bonds. The number of alkyl halides is 3. The van der Waals surface area contributed by atoms with Crippen molar-refractivity contribution in [1.29, 1.82) is 0 Å². The highest BCUT2D eigenvalue weighted by molar-refractivity contribution is 6.67. The molecule has 0 saturated carbocycles. The van der Waals surface area contributed by atoms with Gasteiger partial charge in [-0.1, -0.05) is 40.9 Å². The first-order valence-electron chi connectivity index (χ1n) is 9.78. The molecule has 3 unspecified atom stereocenters. The molecule has 3 N–H and O–H groups in total. The van der Waals surface area contributed by atoms with Gasteiger partial charge in [0.2, 0.25) is 9.70 Å². The number of rotatable bonds is 8. The maximum Gasteiger partial charge on any atom is 0.325 e. The summed E-state index contributed by atoms with van der Waals surface area (Å²) < 4.78 is 3.27. The predicted molar refractivity (Wildman–Crippen MR) is 118 cm³/mol. The van der Waals surface area contributed by atoms with Crippen LogP contribution in [0, 0.1) is 0 Å². The van der Waals surface area contributed by atoms with E-state index in [2.05, 4.69) is 21.0 Å². The van der Waals surface area contributed by atoms with Gasteiger partial charge in [0, 0.05) is 18.9 Å². The Morgan fingerprint density at radius 1 is 1.39 bits per heavy atom. The van der Waals surface area contributed by atoms with E-state index in [1.807, 2.05) is 6.07 Å². The van der Waals surface area contributed by atoms with Crippen LogP contribution in [-0.4, -0.2) is 69.9 Å². The second-order valence-electron chi connectivity index (χ2n) is 7.17. The molecule has 1 fully saturated rings. The fourth-order valence-corrected chi connectivity index (χ4v) is 3.22. The molecule has 0 radical (unpaired) electrons. The summed E-state index contributed by atoms with van der Waals surface area (Å²) in [7, 11) is 1.67. The molecule has 1 aliphatic heterocycles. The van der Waals surface area contributed by atoms with Crippen LogP contribution >= 0.6 is 34.8 Å². The number of hydrogen-bond donors (Lipinski definition) is 3. The molecule has 0 spiro atoms. The maximum absolute atomic E-state index is 12.8. The van der Waals surface area contributed by atoms with E-state index in [-0.39, 0.29) is 11.8 Å². The monoisotopic (exact) mass is 493 g/mol. The van der Waals surface area contributed by atoms with Gasteiger partial charge in [0.15, 0.2) is 0 Å². The molecular weight excluding hydrogens is 469 g/mol. The topological polar surface area (TPSA) is 113 Å². The van der Waals surface area contributed by atoms with Crippen LogP contribution in [-0.2, 0) is 25.5 Å². The van der Waals surface area contributed by atoms with E-state index in [4.69, 9.17) is 39.5 Å². The zero-order chi connectivity index (χ0) is 23.0. The fourth-order valence-electron chi connectivity index (χ4n) is 3.06. The van der Waals surface area contributed by atoms with Gasteiger partial charge in [-0.05, 0) is 44.9 Å². The highest BCUT2D eigenvalue weighted by atomic mass is 35.6. The number of nitrogens with zero attached hydrogens (tertiary/aromatic N) is 2. The van der Waals surface area contributed by atoms with Crippen molar-refractivity contribution in [3.8, 4) is 0 Å². The van der Waals surface area contributed by atoms with E-state index in [9.17, 15) is 14.4 Å². The Labute approximate surface area is 196 Å². The standard InChI is InChI=1S/C19H26Cl3N5O4/c1-12(25-16(28)15(23-2)9-13-5-3-7-24-10-13)17(29)27-8-4-6-14(26-27)18(30)31-11-19(20,21)22/h3,5,7,10,12,14-15,23,26H,4,6,8-9,11H2,1-2H3,(H,25,28). The normalized spacial score (nSPS) is 18.7. The molecule has 31 heavy (non-hydrogen) atoms. The smallest absolute Gasteiger partial charge is 0.325 e. The average molecular weight is 495 g/mol. The van der Waals surface area contributed by atoms with Crippen LogP contribution in [0.3, 0.4) is 0 Å². The van der Waals surface area contributed by atoms with Gasteiger partial charge in [-0.3, -0.25) is 24.4 Å². The van der Waals surface area contributed by atoms with Crippen molar-refractivity contribution in [2.75, 3.05) is 20.2 Å². The van der Waals surface area contributed by atoms with Crippen molar-refractivity contribution < 1.29 is 19.1 Å². The van der Waals surface area contributed by atoms with E-state index in [0.29, 0.717) is 25.8 Å². The molecule has 2 rings (SSSR count). The number of carbonyl (C=O) groups excluding carboxylic acids is 3. The number of nitrogens with one attached hydrogen (secondary N) is 3. The molecule has 12 heteroatoms. The molecule has 9 nitrogen and oxygen atoms in total. The molecule has 0 aromatic carbocycles. The van der Waals surface area contributed by atoms with E-state index in [0.717, 1.165) is 5.56 Å². The molecule has 2 heterocycles. The lowest BCUT2D eigenvalue weighted by Gasteiger charge is -2.34. The van der Waals surface area contributed by atoms with Crippen molar-refractivity contribution in [3.05, 3.63) is 30.1 Å². The van der Waals surface area contributed by atoms with E-state index in [1.165, 1.54) is 5.01 Å². The van der Waals surface area contributed by atoms with Gasteiger partial charge in [0.05, 0.1) is 6.04 Å². The van der Waals surface area contributed by atoms with Crippen molar-refractivity contribution >= 4 is 52.6 Å². The van der Waals surface area contributed by atoms with Crippen molar-refractivity contribution in [2.45, 2.75) is 48.1 Å². The lowest BCUT2D eigenvalue weighted by atomic mass is 10.1. The third-order valence-electron chi connectivity index (χ3n) is 4.67. The van der Waals surface area contributed by atoms with E-state index < -0.39 is 34.5 Å². The number of amides is 2. The summed E-state index contributed by atoms with van der Waals surface area (Å²) in [5.41, 5.74) is 3.72. The summed E-state index contributed by atoms with van der Waals surface area (Å²) in [6.45, 7) is 1.58. The lowest BCUT2D eigenvalue weighted by Crippen LogP contribution is -2.60. The van der Waals surface area contributed by atoms with Crippen molar-refractivity contribution in [2.24, 2.45) is 0 Å². The molecule has 172 valence electrons. The molecule has 3 atom stereocenters. The number of hydrogen-bond acceptors (Lipinski definition) is 7. The van der Waals surface area contributed by atoms with Crippen LogP contribution in [0.25, 0.3) is 0 Å². The molecule has 1 aliphatic rings. The Morgan fingerprint density at radius 3 is 2.74 bits per heavy atom. The number of hydrazine groups is 1. The minimum absolute atomic E-state index is 0.317. The Bertz CT molecular complexity index is 763. The first kappa shape index (κ1) is 25.6. The number of pyridine rings is 1. The maximum atomic E-state index is 12.8. The van der Waals surface area contributed by atoms with Crippen LogP contribution < -0.4 is 16.1 Å². The van der Waals surface area contributed by atoms with Crippen LogP contribution in [0.15, 0.2) is 24.5 Å². The minimum atomic E-state index is -1.71. The zero-order valence-electron chi connectivity index (χ0n) is 17.2. The average Bonchev–Trinajstić information content (AvgIpc) is 2.75. The van der Waals surface area contributed by atoms with Crippen LogP contribution in [0.5, 0.6) is 0 Å². The van der Waals surface area contributed by atoms with E-state index >= 15 is 0 Å². The predicted octanol–water partition coefficient (Wildman–Crippen LogP) is 1.13. The van der Waals surface area contributed by atoms with Crippen LogP contribution in [0.1, 0.15) is 25.3 Å². The largest absolute Gasteiger partial charge is 0.460 e. The van der Waals surface area contributed by atoms with Crippen LogP contribution in [0.4, 0.5) is 0 Å². The third kappa shape index (κ3) is 8.42. The first-order valence-corrected chi connectivity index (χ1v) is 10.9. The van der Waals surface area contributed by atoms with Gasteiger partial charge in [-0.25, -0.2) is 5.43 Å². The molecule has 1 saturated heterocycles. The van der Waals surface area contributed by atoms with Gasteiger partial charge < -0.3 is 15.4 Å². The van der Waals surface area contributed by atoms with Gasteiger partial charge in [0.25, 0.3) is 5.91 Å². The SMILES string of the molecule is CNC(Cc1cccnc1)C(=O)NC(C)C(=O)N1CCCC(C(=O)OCC(Cl)(Cl)Cl)N1. The minimum Gasteiger partial charge on any atom is -0.460 e. The molecular formula is C19H26Cl3N5O4. The molecule has 0 aliphatic carbocycles. The second kappa shape index (κ2) is 11.8. The third-order valence-corrected chi connectivity index (χ3v) is 5.00. The summed E-state index contributed by atoms with van der Waals surface area (Å²) in [4.78, 5) is 41.6. The summed E-state index contributed by atoms with van der Waals surface area (Å²) in [5, 5.41) is 6.97. The number of ether oxygens (including phenoxy) is 1. The Balaban J connectivity index is 1.89. The fraction of sp³-hybridized carbons (Fsp3) is 0.579. The van der Waals surface area contributed by atoms with Gasteiger partial charge in [-0.2, -0.15) is 0 Å². The van der Waals surface area contributed by atoms with Crippen molar-refractivity contribution in [1.82, 2.24) is 26.1 Å². The Hall–Kier alpha value is -1.65. The summed E-state index contributed by atoms with van der Waals surface area (Å²) in [6.07, 6.45) is 4.82. The van der Waals surface area contributed by atoms with Gasteiger partial charge in [-0.15, -0.1) is 0 Å². The highest BCUT2D eigenvalue weighted by Gasteiger charge is 2.33. The number of aromatic nitrogens is 1. The first-order chi connectivity index (χ1) is 14.6. The highest BCUT2D eigenvalue weighted by Crippen LogP contribution is 2.26. The summed E-state index contributed by atoms with van der Waals surface area (Å²) >= 11 is 16.8. The lowest BCUT2D eigenvalue weighted by molar-refractivity contribution is -0.152.